The van der Waals surface area contributed by atoms with Crippen molar-refractivity contribution in [2.24, 2.45) is 0 Å². The highest BCUT2D eigenvalue weighted by Crippen LogP contribution is 2.21. The number of carbonyl (C=O) groups excluding carboxylic acids is 1. The maximum Gasteiger partial charge on any atom is 0.407 e. The number of ketones is 1. The summed E-state index contributed by atoms with van der Waals surface area (Å²) in [5.41, 5.74) is 1.23. The first-order valence-corrected chi connectivity index (χ1v) is 7.22. The van der Waals surface area contributed by atoms with Crippen molar-refractivity contribution in [3.8, 4) is 0 Å². The molecule has 4 nitrogen and oxygen atoms in total. The molecular formula is C16H21NO3. The van der Waals surface area contributed by atoms with Crippen LogP contribution < -0.4 is 0 Å². The number of rotatable bonds is 5. The van der Waals surface area contributed by atoms with Gasteiger partial charge in [0.2, 0.25) is 0 Å². The van der Waals surface area contributed by atoms with E-state index >= 15 is 0 Å². The largest absolute Gasteiger partial charge is 0.465 e. The van der Waals surface area contributed by atoms with Crippen LogP contribution in [0.5, 0.6) is 0 Å². The topological polar surface area (TPSA) is 57.6 Å². The van der Waals surface area contributed by atoms with Crippen molar-refractivity contribution in [2.45, 2.75) is 44.6 Å². The number of benzene rings is 1. The molecule has 1 amide bonds. The van der Waals surface area contributed by atoms with Crippen molar-refractivity contribution in [2.75, 3.05) is 6.54 Å². The average molecular weight is 275 g/mol. The molecule has 1 aliphatic carbocycles. The third-order valence-corrected chi connectivity index (χ3v) is 3.91. The Morgan fingerprint density at radius 1 is 1.20 bits per heavy atom. The molecule has 0 saturated heterocycles. The number of amides is 1. The fraction of sp³-hybridized carbons (Fsp3) is 0.500. The molecule has 0 atom stereocenters. The molecule has 1 aliphatic rings. The molecule has 0 radical (unpaired) electrons. The molecule has 108 valence electrons. The molecule has 0 bridgehead atoms. The van der Waals surface area contributed by atoms with Crippen molar-refractivity contribution in [3.05, 3.63) is 35.9 Å². The molecule has 20 heavy (non-hydrogen) atoms. The Hall–Kier alpha value is -1.84. The molecule has 0 aromatic heterocycles. The lowest BCUT2D eigenvalue weighted by Crippen LogP contribution is -2.42. The Bertz CT molecular complexity index is 448. The molecule has 0 heterocycles. The second kappa shape index (κ2) is 7.08. The maximum atomic E-state index is 11.4. The highest BCUT2D eigenvalue weighted by molar-refractivity contribution is 5.79. The van der Waals surface area contributed by atoms with E-state index in [1.807, 2.05) is 18.2 Å². The van der Waals surface area contributed by atoms with Crippen LogP contribution in [0.25, 0.3) is 0 Å². The van der Waals surface area contributed by atoms with Crippen LogP contribution in [0.3, 0.4) is 0 Å². The summed E-state index contributed by atoms with van der Waals surface area (Å²) in [6, 6.07) is 10.1. The summed E-state index contributed by atoms with van der Waals surface area (Å²) in [5, 5.41) is 9.33. The zero-order chi connectivity index (χ0) is 14.4. The van der Waals surface area contributed by atoms with Gasteiger partial charge in [0.1, 0.15) is 5.78 Å². The lowest BCUT2D eigenvalue weighted by atomic mass is 9.93. The first kappa shape index (κ1) is 14.6. The van der Waals surface area contributed by atoms with E-state index in [4.69, 9.17) is 0 Å². The molecule has 1 fully saturated rings. The van der Waals surface area contributed by atoms with Gasteiger partial charge in [-0.1, -0.05) is 30.3 Å². The lowest BCUT2D eigenvalue weighted by molar-refractivity contribution is -0.121. The molecule has 0 aliphatic heterocycles. The Labute approximate surface area is 119 Å². The molecule has 1 aromatic rings. The van der Waals surface area contributed by atoms with E-state index in [1.54, 1.807) is 0 Å². The zero-order valence-electron chi connectivity index (χ0n) is 11.6. The third-order valence-electron chi connectivity index (χ3n) is 3.91. The van der Waals surface area contributed by atoms with Crippen LogP contribution in [0.2, 0.25) is 0 Å². The molecule has 0 unspecified atom stereocenters. The quantitative estimate of drug-likeness (QED) is 0.898. The Balaban J connectivity index is 1.83. The van der Waals surface area contributed by atoms with Gasteiger partial charge in [-0.15, -0.1) is 0 Å². The van der Waals surface area contributed by atoms with E-state index in [1.165, 1.54) is 10.5 Å². The van der Waals surface area contributed by atoms with Crippen LogP contribution in [-0.4, -0.2) is 34.5 Å². The SMILES string of the molecule is O=C1CCC(N(CCCc2ccccc2)C(=O)O)CC1. The number of carboxylic acid groups (broad SMARTS) is 1. The summed E-state index contributed by atoms with van der Waals surface area (Å²) in [5.74, 6) is 0.260. The molecule has 1 aromatic carbocycles. The number of hydrogen-bond acceptors (Lipinski definition) is 2. The monoisotopic (exact) mass is 275 g/mol. The normalized spacial score (nSPS) is 16.1. The predicted molar refractivity (Wildman–Crippen MR) is 76.8 cm³/mol. The van der Waals surface area contributed by atoms with Crippen molar-refractivity contribution in [1.29, 1.82) is 0 Å². The summed E-state index contributed by atoms with van der Waals surface area (Å²) >= 11 is 0. The zero-order valence-corrected chi connectivity index (χ0v) is 11.6. The van der Waals surface area contributed by atoms with Crippen LogP contribution in [-0.2, 0) is 11.2 Å². The van der Waals surface area contributed by atoms with E-state index < -0.39 is 6.09 Å². The smallest absolute Gasteiger partial charge is 0.407 e. The van der Waals surface area contributed by atoms with E-state index in [-0.39, 0.29) is 11.8 Å². The second-order valence-corrected chi connectivity index (χ2v) is 5.33. The lowest BCUT2D eigenvalue weighted by Gasteiger charge is -2.31. The van der Waals surface area contributed by atoms with Gasteiger partial charge in [-0.2, -0.15) is 0 Å². The molecular weight excluding hydrogens is 254 g/mol. The highest BCUT2D eigenvalue weighted by atomic mass is 16.4. The first-order chi connectivity index (χ1) is 9.66. The molecule has 4 heteroatoms. The first-order valence-electron chi connectivity index (χ1n) is 7.22. The second-order valence-electron chi connectivity index (χ2n) is 5.33. The van der Waals surface area contributed by atoms with E-state index in [0.717, 1.165) is 12.8 Å². The third kappa shape index (κ3) is 4.08. The Morgan fingerprint density at radius 3 is 2.45 bits per heavy atom. The molecule has 2 rings (SSSR count). The van der Waals surface area contributed by atoms with E-state index in [9.17, 15) is 14.7 Å². The standard InChI is InChI=1S/C16H21NO3/c18-15-10-8-14(9-11-15)17(16(19)20)12-4-7-13-5-2-1-3-6-13/h1-3,5-6,14H,4,7-12H2,(H,19,20). The summed E-state index contributed by atoms with van der Waals surface area (Å²) in [6.07, 6.45) is 3.24. The van der Waals surface area contributed by atoms with Crippen LogP contribution in [0.4, 0.5) is 4.79 Å². The van der Waals surface area contributed by atoms with Crippen LogP contribution in [0.15, 0.2) is 30.3 Å². The van der Waals surface area contributed by atoms with Gasteiger partial charge in [0.25, 0.3) is 0 Å². The van der Waals surface area contributed by atoms with Crippen molar-refractivity contribution in [3.63, 3.8) is 0 Å². The van der Waals surface area contributed by atoms with Gasteiger partial charge in [0, 0.05) is 25.4 Å². The minimum atomic E-state index is -0.864. The Morgan fingerprint density at radius 2 is 1.85 bits per heavy atom. The number of Topliss-reactive ketones (excluding diaryl/α,β-unsaturated/α-hetero) is 1. The Kier molecular flexibility index (Phi) is 5.16. The summed E-state index contributed by atoms with van der Waals surface area (Å²) in [6.45, 7) is 0.545. The summed E-state index contributed by atoms with van der Waals surface area (Å²) in [4.78, 5) is 24.1. The van der Waals surface area contributed by atoms with Crippen molar-refractivity contribution < 1.29 is 14.7 Å². The predicted octanol–water partition coefficient (Wildman–Crippen LogP) is 3.11. The summed E-state index contributed by atoms with van der Waals surface area (Å²) < 4.78 is 0. The van der Waals surface area contributed by atoms with E-state index in [2.05, 4.69) is 12.1 Å². The summed E-state index contributed by atoms with van der Waals surface area (Å²) in [7, 11) is 0. The fourth-order valence-corrected chi connectivity index (χ4v) is 2.77. The van der Waals surface area contributed by atoms with Crippen molar-refractivity contribution in [1.82, 2.24) is 4.90 Å². The van der Waals surface area contributed by atoms with Gasteiger partial charge in [-0.3, -0.25) is 4.79 Å². The van der Waals surface area contributed by atoms with Gasteiger partial charge in [0.05, 0.1) is 0 Å². The van der Waals surface area contributed by atoms with Gasteiger partial charge >= 0.3 is 6.09 Å². The minimum Gasteiger partial charge on any atom is -0.465 e. The maximum absolute atomic E-state index is 11.4. The van der Waals surface area contributed by atoms with Crippen LogP contribution in [0.1, 0.15) is 37.7 Å². The van der Waals surface area contributed by atoms with Crippen LogP contribution in [0, 0.1) is 0 Å². The number of hydrogen-bond donors (Lipinski definition) is 1. The average Bonchev–Trinajstić information content (AvgIpc) is 2.46. The van der Waals surface area contributed by atoms with Gasteiger partial charge in [0.15, 0.2) is 0 Å². The van der Waals surface area contributed by atoms with Crippen LogP contribution >= 0.6 is 0 Å². The van der Waals surface area contributed by atoms with Gasteiger partial charge in [-0.25, -0.2) is 4.79 Å². The number of carbonyl (C=O) groups is 2. The number of aryl methyl sites for hydroxylation is 1. The highest BCUT2D eigenvalue weighted by Gasteiger charge is 2.27. The van der Waals surface area contributed by atoms with Crippen molar-refractivity contribution >= 4 is 11.9 Å². The van der Waals surface area contributed by atoms with E-state index in [0.29, 0.717) is 32.2 Å². The minimum absolute atomic E-state index is 0.0148. The fourth-order valence-electron chi connectivity index (χ4n) is 2.77. The molecule has 1 N–H and O–H groups in total. The van der Waals surface area contributed by atoms with Gasteiger partial charge < -0.3 is 10.0 Å². The molecule has 1 saturated carbocycles. The molecule has 0 spiro atoms. The van der Waals surface area contributed by atoms with Gasteiger partial charge in [-0.05, 0) is 31.2 Å². The number of nitrogens with zero attached hydrogens (tertiary/aromatic N) is 1.